The van der Waals surface area contributed by atoms with E-state index in [9.17, 15) is 4.79 Å². The van der Waals surface area contributed by atoms with Crippen LogP contribution in [0, 0.1) is 6.92 Å². The standard InChI is InChI=1S/C22H24N6O2/c1-15-26-20(14-21(27-15)28-19-8-4-5-11-23-19)24-12-13-25-22(29)18-10-9-16-6-2-3-7-17(16)30-18/h2-8,11,14,18H,9-10,12-13H2,1H3,(H,25,29)(H2,23,24,26,27,28). The van der Waals surface area contributed by atoms with Crippen LogP contribution < -0.4 is 20.7 Å². The Hall–Kier alpha value is -3.68. The summed E-state index contributed by atoms with van der Waals surface area (Å²) in [6, 6.07) is 15.3. The summed E-state index contributed by atoms with van der Waals surface area (Å²) in [5.41, 5.74) is 1.15. The Morgan fingerprint density at radius 1 is 1.07 bits per heavy atom. The lowest BCUT2D eigenvalue weighted by atomic mass is 10.0. The Labute approximate surface area is 175 Å². The molecule has 8 heteroatoms. The first-order chi connectivity index (χ1) is 14.7. The highest BCUT2D eigenvalue weighted by atomic mass is 16.5. The smallest absolute Gasteiger partial charge is 0.261 e. The van der Waals surface area contributed by atoms with Crippen molar-refractivity contribution < 1.29 is 9.53 Å². The molecule has 0 spiro atoms. The van der Waals surface area contributed by atoms with E-state index in [0.29, 0.717) is 42.8 Å². The lowest BCUT2D eigenvalue weighted by Gasteiger charge is -2.25. The second kappa shape index (κ2) is 9.21. The zero-order valence-corrected chi connectivity index (χ0v) is 16.8. The van der Waals surface area contributed by atoms with Gasteiger partial charge in [-0.3, -0.25) is 4.79 Å². The Kier molecular flexibility index (Phi) is 6.03. The highest BCUT2D eigenvalue weighted by molar-refractivity contribution is 5.81. The van der Waals surface area contributed by atoms with Gasteiger partial charge in [-0.1, -0.05) is 24.3 Å². The lowest BCUT2D eigenvalue weighted by molar-refractivity contribution is -0.128. The van der Waals surface area contributed by atoms with Gasteiger partial charge in [-0.05, 0) is 43.5 Å². The highest BCUT2D eigenvalue weighted by Crippen LogP contribution is 2.27. The summed E-state index contributed by atoms with van der Waals surface area (Å²) in [5.74, 6) is 3.38. The molecule has 0 aliphatic carbocycles. The average Bonchev–Trinajstić information content (AvgIpc) is 2.76. The van der Waals surface area contributed by atoms with Crippen molar-refractivity contribution in [2.45, 2.75) is 25.9 Å². The first-order valence-corrected chi connectivity index (χ1v) is 9.97. The zero-order valence-electron chi connectivity index (χ0n) is 16.8. The lowest BCUT2D eigenvalue weighted by Crippen LogP contribution is -2.42. The number of hydrogen-bond acceptors (Lipinski definition) is 7. The van der Waals surface area contributed by atoms with Gasteiger partial charge in [-0.25, -0.2) is 15.0 Å². The fourth-order valence-corrected chi connectivity index (χ4v) is 3.29. The number of para-hydroxylation sites is 1. The molecular weight excluding hydrogens is 380 g/mol. The van der Waals surface area contributed by atoms with Gasteiger partial charge in [0.15, 0.2) is 6.10 Å². The summed E-state index contributed by atoms with van der Waals surface area (Å²) in [4.78, 5) is 25.4. The molecule has 3 N–H and O–H groups in total. The fourth-order valence-electron chi connectivity index (χ4n) is 3.29. The molecule has 1 aliphatic rings. The van der Waals surface area contributed by atoms with Gasteiger partial charge in [-0.2, -0.15) is 0 Å². The van der Waals surface area contributed by atoms with E-state index in [1.807, 2.05) is 55.5 Å². The monoisotopic (exact) mass is 404 g/mol. The maximum Gasteiger partial charge on any atom is 0.261 e. The number of nitrogens with one attached hydrogen (secondary N) is 3. The van der Waals surface area contributed by atoms with Crippen LogP contribution in [0.5, 0.6) is 5.75 Å². The van der Waals surface area contributed by atoms with Gasteiger partial charge in [-0.15, -0.1) is 0 Å². The van der Waals surface area contributed by atoms with Gasteiger partial charge in [0, 0.05) is 25.4 Å². The number of aromatic nitrogens is 3. The largest absolute Gasteiger partial charge is 0.480 e. The summed E-state index contributed by atoms with van der Waals surface area (Å²) >= 11 is 0. The van der Waals surface area contributed by atoms with Crippen LogP contribution >= 0.6 is 0 Å². The maximum atomic E-state index is 12.4. The number of rotatable bonds is 7. The number of aryl methyl sites for hydroxylation is 2. The second-order valence-electron chi connectivity index (χ2n) is 7.00. The molecule has 3 heterocycles. The third-order valence-corrected chi connectivity index (χ3v) is 4.70. The van der Waals surface area contributed by atoms with Crippen molar-refractivity contribution in [2.24, 2.45) is 0 Å². The second-order valence-corrected chi connectivity index (χ2v) is 7.00. The number of ether oxygens (including phenoxy) is 1. The molecule has 1 amide bonds. The van der Waals surface area contributed by atoms with Crippen molar-refractivity contribution in [3.63, 3.8) is 0 Å². The summed E-state index contributed by atoms with van der Waals surface area (Å²) in [5, 5.41) is 9.30. The molecular formula is C22H24N6O2. The Morgan fingerprint density at radius 3 is 2.77 bits per heavy atom. The molecule has 3 aromatic rings. The third-order valence-electron chi connectivity index (χ3n) is 4.70. The van der Waals surface area contributed by atoms with Crippen LogP contribution in [0.1, 0.15) is 17.8 Å². The number of anilines is 3. The molecule has 0 fully saturated rings. The van der Waals surface area contributed by atoms with Gasteiger partial charge in [0.25, 0.3) is 5.91 Å². The van der Waals surface area contributed by atoms with Crippen LogP contribution in [0.3, 0.4) is 0 Å². The Balaban J connectivity index is 1.26. The van der Waals surface area contributed by atoms with Crippen LogP contribution in [-0.2, 0) is 11.2 Å². The van der Waals surface area contributed by atoms with E-state index >= 15 is 0 Å². The van der Waals surface area contributed by atoms with E-state index < -0.39 is 6.10 Å². The summed E-state index contributed by atoms with van der Waals surface area (Å²) in [7, 11) is 0. The summed E-state index contributed by atoms with van der Waals surface area (Å²) in [6.07, 6.45) is 2.80. The minimum Gasteiger partial charge on any atom is -0.480 e. The number of carbonyl (C=O) groups is 1. The van der Waals surface area contributed by atoms with Crippen LogP contribution in [-0.4, -0.2) is 40.1 Å². The number of benzene rings is 1. The van der Waals surface area contributed by atoms with Crippen molar-refractivity contribution in [3.8, 4) is 5.75 Å². The molecule has 1 aromatic carbocycles. The molecule has 154 valence electrons. The minimum absolute atomic E-state index is 0.0947. The number of amides is 1. The van der Waals surface area contributed by atoms with Gasteiger partial charge in [0.1, 0.15) is 29.0 Å². The molecule has 2 aromatic heterocycles. The number of pyridine rings is 1. The average molecular weight is 404 g/mol. The first-order valence-electron chi connectivity index (χ1n) is 9.97. The van der Waals surface area contributed by atoms with Crippen LogP contribution in [0.2, 0.25) is 0 Å². The van der Waals surface area contributed by atoms with Crippen LogP contribution in [0.15, 0.2) is 54.7 Å². The SMILES string of the molecule is Cc1nc(NCCNC(=O)C2CCc3ccccc3O2)cc(Nc2ccccn2)n1. The molecule has 0 saturated carbocycles. The van der Waals surface area contributed by atoms with Crippen molar-refractivity contribution >= 4 is 23.4 Å². The molecule has 1 aliphatic heterocycles. The predicted octanol–water partition coefficient (Wildman–Crippen LogP) is 2.85. The number of fused-ring (bicyclic) bond motifs is 1. The third kappa shape index (κ3) is 5.02. The molecule has 8 nitrogen and oxygen atoms in total. The van der Waals surface area contributed by atoms with E-state index in [-0.39, 0.29) is 5.91 Å². The van der Waals surface area contributed by atoms with Crippen molar-refractivity contribution in [1.29, 1.82) is 0 Å². The summed E-state index contributed by atoms with van der Waals surface area (Å²) in [6.45, 7) is 2.83. The molecule has 0 saturated heterocycles. The number of hydrogen-bond donors (Lipinski definition) is 3. The van der Waals surface area contributed by atoms with E-state index in [4.69, 9.17) is 4.74 Å². The Bertz CT molecular complexity index is 1010. The molecule has 1 atom stereocenters. The Morgan fingerprint density at radius 2 is 1.90 bits per heavy atom. The van der Waals surface area contributed by atoms with Crippen molar-refractivity contribution in [1.82, 2.24) is 20.3 Å². The highest BCUT2D eigenvalue weighted by Gasteiger charge is 2.25. The molecule has 4 rings (SSSR count). The van der Waals surface area contributed by atoms with E-state index in [1.165, 1.54) is 0 Å². The van der Waals surface area contributed by atoms with Crippen molar-refractivity contribution in [3.05, 3.63) is 66.1 Å². The molecule has 30 heavy (non-hydrogen) atoms. The van der Waals surface area contributed by atoms with Gasteiger partial charge in [0.05, 0.1) is 0 Å². The van der Waals surface area contributed by atoms with Gasteiger partial charge in [0.2, 0.25) is 0 Å². The number of nitrogens with zero attached hydrogens (tertiary/aromatic N) is 3. The minimum atomic E-state index is -0.449. The zero-order chi connectivity index (χ0) is 20.8. The van der Waals surface area contributed by atoms with E-state index in [0.717, 1.165) is 17.7 Å². The van der Waals surface area contributed by atoms with E-state index in [2.05, 4.69) is 30.9 Å². The van der Waals surface area contributed by atoms with Crippen LogP contribution in [0.25, 0.3) is 0 Å². The fraction of sp³-hybridized carbons (Fsp3) is 0.273. The van der Waals surface area contributed by atoms with Crippen LogP contribution in [0.4, 0.5) is 17.5 Å². The first kappa shape index (κ1) is 19.6. The van der Waals surface area contributed by atoms with Crippen molar-refractivity contribution in [2.75, 3.05) is 23.7 Å². The quantitative estimate of drug-likeness (QED) is 0.521. The van der Waals surface area contributed by atoms with E-state index in [1.54, 1.807) is 6.20 Å². The predicted molar refractivity (Wildman–Crippen MR) is 115 cm³/mol. The van der Waals surface area contributed by atoms with Gasteiger partial charge >= 0.3 is 0 Å². The molecule has 0 bridgehead atoms. The molecule has 1 unspecified atom stereocenters. The topological polar surface area (TPSA) is 101 Å². The number of carbonyl (C=O) groups excluding carboxylic acids is 1. The summed E-state index contributed by atoms with van der Waals surface area (Å²) < 4.78 is 5.83. The molecule has 0 radical (unpaired) electrons. The normalized spacial score (nSPS) is 14.9. The maximum absolute atomic E-state index is 12.4. The van der Waals surface area contributed by atoms with Gasteiger partial charge < -0.3 is 20.7 Å².